The van der Waals surface area contributed by atoms with Crippen LogP contribution in [0.3, 0.4) is 0 Å². The molecular weight excluding hydrogens is 288 g/mol. The lowest BCUT2D eigenvalue weighted by atomic mass is 9.77. The highest BCUT2D eigenvalue weighted by molar-refractivity contribution is 5.79. The molecule has 1 aliphatic heterocycles. The van der Waals surface area contributed by atoms with Crippen LogP contribution in [0.25, 0.3) is 6.08 Å². The highest BCUT2D eigenvalue weighted by atomic mass is 16.3. The second-order valence-electron chi connectivity index (χ2n) is 6.63. The number of nitrogens with one attached hydrogen (secondary N) is 2. The predicted molar refractivity (Wildman–Crippen MR) is 92.0 cm³/mol. The maximum atomic E-state index is 12.0. The first-order valence-electron chi connectivity index (χ1n) is 8.60. The fraction of sp³-hybridized carbons (Fsp3) is 0.526. The van der Waals surface area contributed by atoms with Gasteiger partial charge in [0.15, 0.2) is 0 Å². The summed E-state index contributed by atoms with van der Waals surface area (Å²) in [5.41, 5.74) is 2.40. The summed E-state index contributed by atoms with van der Waals surface area (Å²) in [5, 5.41) is 16.0. The quantitative estimate of drug-likeness (QED) is 0.753. The monoisotopic (exact) mass is 314 g/mol. The van der Waals surface area contributed by atoms with Gasteiger partial charge >= 0.3 is 0 Å². The molecule has 3 N–H and O–H groups in total. The Morgan fingerprint density at radius 3 is 2.61 bits per heavy atom. The number of carbonyl (C=O) groups excluding carboxylic acids is 1. The van der Waals surface area contributed by atoms with Crippen LogP contribution in [0.5, 0.6) is 0 Å². The molecule has 3 rings (SSSR count). The van der Waals surface area contributed by atoms with E-state index in [9.17, 15) is 9.90 Å². The van der Waals surface area contributed by atoms with Gasteiger partial charge in [0.1, 0.15) is 0 Å². The van der Waals surface area contributed by atoms with Gasteiger partial charge in [-0.3, -0.25) is 4.79 Å². The van der Waals surface area contributed by atoms with E-state index in [-0.39, 0.29) is 36.4 Å². The van der Waals surface area contributed by atoms with E-state index in [0.29, 0.717) is 6.54 Å². The van der Waals surface area contributed by atoms with Crippen LogP contribution in [0, 0.1) is 5.92 Å². The molecule has 1 saturated carbocycles. The molecule has 1 aliphatic carbocycles. The molecule has 4 heteroatoms. The number of allylic oxidation sites excluding steroid dienone is 1. The first-order chi connectivity index (χ1) is 11.2. The topological polar surface area (TPSA) is 61.4 Å². The molecular formula is C19H26N2O2. The van der Waals surface area contributed by atoms with E-state index in [4.69, 9.17) is 0 Å². The van der Waals surface area contributed by atoms with Crippen molar-refractivity contribution in [3.63, 3.8) is 0 Å². The summed E-state index contributed by atoms with van der Waals surface area (Å²) in [6, 6.07) is 8.74. The van der Waals surface area contributed by atoms with Crippen LogP contribution in [0.2, 0.25) is 0 Å². The minimum atomic E-state index is 0.0770. The molecule has 1 saturated heterocycles. The summed E-state index contributed by atoms with van der Waals surface area (Å²) >= 11 is 0. The molecule has 2 fully saturated rings. The van der Waals surface area contributed by atoms with Crippen LogP contribution in [0.4, 0.5) is 0 Å². The van der Waals surface area contributed by atoms with Crippen molar-refractivity contribution in [3.05, 3.63) is 41.5 Å². The molecule has 124 valence electrons. The third-order valence-electron chi connectivity index (χ3n) is 5.14. The molecule has 4 nitrogen and oxygen atoms in total. The molecule has 3 atom stereocenters. The largest absolute Gasteiger partial charge is 0.395 e. The van der Waals surface area contributed by atoms with Gasteiger partial charge in [0.2, 0.25) is 5.91 Å². The Hall–Kier alpha value is -1.65. The fourth-order valence-corrected chi connectivity index (χ4v) is 3.51. The number of aliphatic hydroxyl groups excluding tert-OH is 1. The number of rotatable bonds is 6. The Labute approximate surface area is 138 Å². The molecule has 23 heavy (non-hydrogen) atoms. The number of benzene rings is 1. The van der Waals surface area contributed by atoms with E-state index < -0.39 is 0 Å². The molecule has 1 amide bonds. The molecule has 1 heterocycles. The van der Waals surface area contributed by atoms with E-state index >= 15 is 0 Å². The molecule has 0 radical (unpaired) electrons. The van der Waals surface area contributed by atoms with Crippen LogP contribution >= 0.6 is 0 Å². The van der Waals surface area contributed by atoms with Gasteiger partial charge in [0.25, 0.3) is 0 Å². The molecule has 1 aromatic carbocycles. The van der Waals surface area contributed by atoms with Gasteiger partial charge in [-0.1, -0.05) is 42.8 Å². The standard InChI is InChI=1S/C19H26N2O2/c1-2-4-13-7-9-14(10-8-13)18-16(21-17(18)12-22)11-20-19(23)15-5-3-6-15/h2,4,7-10,15-18,21-22H,3,5-6,11-12H2,1H3,(H,20,23)/b4-2+/t16-,17-,18-/m1/s1. The summed E-state index contributed by atoms with van der Waals surface area (Å²) in [4.78, 5) is 12.0. The molecule has 2 aliphatic rings. The predicted octanol–water partition coefficient (Wildman–Crippen LogP) is 2.05. The molecule has 0 bridgehead atoms. The van der Waals surface area contributed by atoms with Crippen molar-refractivity contribution in [1.29, 1.82) is 0 Å². The summed E-state index contributed by atoms with van der Waals surface area (Å²) in [5.74, 6) is 0.663. The number of carbonyl (C=O) groups is 1. The second kappa shape index (κ2) is 7.28. The lowest BCUT2D eigenvalue weighted by Gasteiger charge is -2.46. The number of aliphatic hydroxyl groups is 1. The molecule has 1 aromatic rings. The van der Waals surface area contributed by atoms with Crippen molar-refractivity contribution in [2.24, 2.45) is 5.92 Å². The summed E-state index contributed by atoms with van der Waals surface area (Å²) < 4.78 is 0. The van der Waals surface area contributed by atoms with Gasteiger partial charge in [0, 0.05) is 30.5 Å². The van der Waals surface area contributed by atoms with E-state index in [0.717, 1.165) is 12.8 Å². The van der Waals surface area contributed by atoms with Gasteiger partial charge in [-0.15, -0.1) is 0 Å². The lowest BCUT2D eigenvalue weighted by Crippen LogP contribution is -2.65. The number of hydrogen-bond donors (Lipinski definition) is 3. The van der Waals surface area contributed by atoms with E-state index in [1.165, 1.54) is 17.5 Å². The van der Waals surface area contributed by atoms with Gasteiger partial charge < -0.3 is 15.7 Å². The number of hydrogen-bond acceptors (Lipinski definition) is 3. The minimum absolute atomic E-state index is 0.0770. The van der Waals surface area contributed by atoms with E-state index in [1.807, 2.05) is 13.0 Å². The average Bonchev–Trinajstić information content (AvgIpc) is 2.47. The zero-order valence-corrected chi connectivity index (χ0v) is 13.7. The lowest BCUT2D eigenvalue weighted by molar-refractivity contribution is -0.127. The van der Waals surface area contributed by atoms with Crippen molar-refractivity contribution in [1.82, 2.24) is 10.6 Å². The molecule has 0 unspecified atom stereocenters. The first-order valence-corrected chi connectivity index (χ1v) is 8.60. The molecule has 0 spiro atoms. The highest BCUT2D eigenvalue weighted by Gasteiger charge is 2.41. The van der Waals surface area contributed by atoms with Gasteiger partial charge in [-0.25, -0.2) is 0 Å². The maximum Gasteiger partial charge on any atom is 0.223 e. The smallest absolute Gasteiger partial charge is 0.223 e. The Morgan fingerprint density at radius 1 is 1.30 bits per heavy atom. The third-order valence-corrected chi connectivity index (χ3v) is 5.14. The van der Waals surface area contributed by atoms with Gasteiger partial charge in [-0.2, -0.15) is 0 Å². The normalized spacial score (nSPS) is 27.5. The van der Waals surface area contributed by atoms with Crippen molar-refractivity contribution in [2.45, 2.75) is 44.2 Å². The van der Waals surface area contributed by atoms with Crippen LogP contribution in [0.1, 0.15) is 43.2 Å². The zero-order chi connectivity index (χ0) is 16.2. The third kappa shape index (κ3) is 3.48. The summed E-state index contributed by atoms with van der Waals surface area (Å²) in [6.45, 7) is 2.76. The molecule has 0 aromatic heterocycles. The highest BCUT2D eigenvalue weighted by Crippen LogP contribution is 2.32. The van der Waals surface area contributed by atoms with Crippen molar-refractivity contribution in [2.75, 3.05) is 13.2 Å². The Balaban J connectivity index is 1.61. The van der Waals surface area contributed by atoms with E-state index in [2.05, 4.69) is 41.0 Å². The summed E-state index contributed by atoms with van der Waals surface area (Å²) in [6.07, 6.45) is 7.32. The zero-order valence-electron chi connectivity index (χ0n) is 13.7. The second-order valence-corrected chi connectivity index (χ2v) is 6.63. The van der Waals surface area contributed by atoms with Crippen molar-refractivity contribution < 1.29 is 9.90 Å². The average molecular weight is 314 g/mol. The van der Waals surface area contributed by atoms with Crippen LogP contribution in [-0.4, -0.2) is 36.2 Å². The number of amides is 1. The Morgan fingerprint density at radius 2 is 2.04 bits per heavy atom. The Bertz CT molecular complexity index is 563. The SMILES string of the molecule is C/C=C/c1ccc([C@H]2[C@@H](CO)N[C@@H]2CNC(=O)C2CCC2)cc1. The first kappa shape index (κ1) is 16.2. The van der Waals surface area contributed by atoms with Crippen LogP contribution in [-0.2, 0) is 4.79 Å². The van der Waals surface area contributed by atoms with E-state index in [1.54, 1.807) is 0 Å². The van der Waals surface area contributed by atoms with Crippen LogP contribution in [0.15, 0.2) is 30.3 Å². The minimum Gasteiger partial charge on any atom is -0.395 e. The maximum absolute atomic E-state index is 12.0. The van der Waals surface area contributed by atoms with Crippen molar-refractivity contribution >= 4 is 12.0 Å². The summed E-state index contributed by atoms with van der Waals surface area (Å²) in [7, 11) is 0. The van der Waals surface area contributed by atoms with Crippen molar-refractivity contribution in [3.8, 4) is 0 Å². The van der Waals surface area contributed by atoms with Gasteiger partial charge in [-0.05, 0) is 30.9 Å². The van der Waals surface area contributed by atoms with Gasteiger partial charge in [0.05, 0.1) is 6.61 Å². The Kier molecular flexibility index (Phi) is 5.13. The van der Waals surface area contributed by atoms with Crippen LogP contribution < -0.4 is 10.6 Å². The fourth-order valence-electron chi connectivity index (χ4n) is 3.51.